The van der Waals surface area contributed by atoms with Gasteiger partial charge in [-0.15, -0.1) is 0 Å². The van der Waals surface area contributed by atoms with Crippen LogP contribution < -0.4 is 5.32 Å². The van der Waals surface area contributed by atoms with Crippen molar-refractivity contribution < 1.29 is 35.2 Å². The molecule has 1 amide bonds. The molecule has 1 saturated heterocycles. The van der Waals surface area contributed by atoms with E-state index in [4.69, 9.17) is 4.42 Å². The van der Waals surface area contributed by atoms with E-state index < -0.39 is 39.5 Å². The summed E-state index contributed by atoms with van der Waals surface area (Å²) in [5.74, 6) is -0.975. The molecule has 39 heavy (non-hydrogen) atoms. The third-order valence-electron chi connectivity index (χ3n) is 6.98. The van der Waals surface area contributed by atoms with E-state index in [2.05, 4.69) is 15.3 Å². The first-order valence-electron chi connectivity index (χ1n) is 12.0. The fraction of sp³-hybridized carbons (Fsp3) is 0.269. The maximum absolute atomic E-state index is 13.6. The number of benzene rings is 1. The molecule has 8 nitrogen and oxygen atoms in total. The normalized spacial score (nSPS) is 21.2. The number of carbonyl (C=O) groups excluding carboxylic acids is 1. The van der Waals surface area contributed by atoms with Crippen molar-refractivity contribution in [1.82, 2.24) is 19.6 Å². The van der Waals surface area contributed by atoms with Crippen molar-refractivity contribution in [3.8, 4) is 11.3 Å². The third-order valence-corrected chi connectivity index (χ3v) is 8.77. The number of nitrogens with zero attached hydrogens (tertiary/aromatic N) is 3. The number of halogens is 4. The summed E-state index contributed by atoms with van der Waals surface area (Å²) in [6, 6.07) is 9.02. The van der Waals surface area contributed by atoms with E-state index in [0.29, 0.717) is 35.2 Å². The molecule has 0 spiro atoms. The molecule has 1 saturated carbocycles. The molecule has 0 radical (unpaired) electrons. The SMILES string of the molecule is O=C(NCc1cc(-c2ccc(C(F)(F)F)cn2)ccn1)[C@@H]1CC2C[C@H]2N1S(=O)(=O)c1cc2cc(F)ccc2o1. The number of nitrogens with one attached hydrogen (secondary N) is 1. The lowest BCUT2D eigenvalue weighted by Crippen LogP contribution is -2.47. The minimum Gasteiger partial charge on any atom is -0.443 e. The standard InChI is InChI=1S/C26H20F4N4O4S/c27-18-2-4-23-16(7-18)11-24(38-23)39(36,37)34-21-9-15(21)10-22(34)25(35)33-13-19-8-14(5-6-31-19)20-3-1-17(12-32-20)26(28,29)30/h1-8,11-12,15,21-22H,9-10,13H2,(H,33,35)/t15?,21-,22+/m1/s1. The summed E-state index contributed by atoms with van der Waals surface area (Å²) in [4.78, 5) is 21.2. The molecule has 1 aromatic carbocycles. The van der Waals surface area contributed by atoms with E-state index in [-0.39, 0.29) is 29.2 Å². The number of hydrogen-bond donors (Lipinski definition) is 1. The Balaban J connectivity index is 1.17. The summed E-state index contributed by atoms with van der Waals surface area (Å²) in [7, 11) is -4.18. The van der Waals surface area contributed by atoms with Crippen LogP contribution in [0.1, 0.15) is 24.1 Å². The van der Waals surface area contributed by atoms with Gasteiger partial charge in [-0.1, -0.05) is 0 Å². The van der Waals surface area contributed by atoms with E-state index in [1.54, 1.807) is 12.1 Å². The predicted octanol–water partition coefficient (Wildman–Crippen LogP) is 4.52. The number of pyridine rings is 2. The van der Waals surface area contributed by atoms with Crippen LogP contribution in [0.3, 0.4) is 0 Å². The Labute approximate surface area is 219 Å². The number of rotatable bonds is 6. The zero-order valence-corrected chi connectivity index (χ0v) is 20.8. The van der Waals surface area contributed by atoms with Gasteiger partial charge in [0.2, 0.25) is 11.0 Å². The quantitative estimate of drug-likeness (QED) is 0.348. The van der Waals surface area contributed by atoms with Gasteiger partial charge in [-0.3, -0.25) is 14.8 Å². The maximum Gasteiger partial charge on any atom is 0.417 e. The van der Waals surface area contributed by atoms with Gasteiger partial charge in [-0.05, 0) is 61.2 Å². The second-order valence-electron chi connectivity index (χ2n) is 9.58. The Morgan fingerprint density at radius 3 is 2.64 bits per heavy atom. The smallest absolute Gasteiger partial charge is 0.417 e. The van der Waals surface area contributed by atoms with Gasteiger partial charge in [0.05, 0.1) is 23.5 Å². The molecule has 6 rings (SSSR count). The van der Waals surface area contributed by atoms with Gasteiger partial charge in [0.15, 0.2) is 0 Å². The van der Waals surface area contributed by atoms with Crippen molar-refractivity contribution in [2.24, 2.45) is 5.92 Å². The number of carbonyl (C=O) groups is 1. The van der Waals surface area contributed by atoms with Crippen molar-refractivity contribution in [3.63, 3.8) is 0 Å². The minimum absolute atomic E-state index is 0.0308. The highest BCUT2D eigenvalue weighted by atomic mass is 32.2. The topological polar surface area (TPSA) is 105 Å². The monoisotopic (exact) mass is 560 g/mol. The van der Waals surface area contributed by atoms with Gasteiger partial charge in [0, 0.05) is 35.5 Å². The summed E-state index contributed by atoms with van der Waals surface area (Å²) in [6.45, 7) is -0.0308. The Morgan fingerprint density at radius 1 is 1.08 bits per heavy atom. The van der Waals surface area contributed by atoms with Crippen molar-refractivity contribution >= 4 is 26.9 Å². The first-order chi connectivity index (χ1) is 18.5. The van der Waals surface area contributed by atoms with E-state index >= 15 is 0 Å². The first kappa shape index (κ1) is 25.4. The first-order valence-corrected chi connectivity index (χ1v) is 13.4. The number of piperidine rings is 1. The zero-order valence-electron chi connectivity index (χ0n) is 20.0. The summed E-state index contributed by atoms with van der Waals surface area (Å²) < 4.78 is 85.7. The number of amides is 1. The van der Waals surface area contributed by atoms with Crippen molar-refractivity contribution in [2.45, 2.75) is 42.7 Å². The number of hydrogen-bond acceptors (Lipinski definition) is 6. The largest absolute Gasteiger partial charge is 0.443 e. The van der Waals surface area contributed by atoms with E-state index in [1.807, 2.05) is 0 Å². The Bertz CT molecular complexity index is 1690. The molecule has 1 aliphatic heterocycles. The molecule has 2 fully saturated rings. The van der Waals surface area contributed by atoms with E-state index in [9.17, 15) is 30.8 Å². The van der Waals surface area contributed by atoms with Gasteiger partial charge in [-0.2, -0.15) is 17.5 Å². The Kier molecular flexibility index (Phi) is 5.95. The fourth-order valence-corrected chi connectivity index (χ4v) is 6.78. The number of furan rings is 1. The third kappa shape index (κ3) is 4.76. The van der Waals surface area contributed by atoms with Crippen LogP contribution in [-0.4, -0.2) is 40.7 Å². The molecule has 1 aliphatic carbocycles. The van der Waals surface area contributed by atoms with E-state index in [0.717, 1.165) is 12.3 Å². The van der Waals surface area contributed by atoms with Crippen LogP contribution in [0.5, 0.6) is 0 Å². The highest BCUT2D eigenvalue weighted by molar-refractivity contribution is 7.89. The van der Waals surface area contributed by atoms with Crippen LogP contribution >= 0.6 is 0 Å². The second-order valence-corrected chi connectivity index (χ2v) is 11.4. The highest BCUT2D eigenvalue weighted by Crippen LogP contribution is 2.50. The Morgan fingerprint density at radius 2 is 1.90 bits per heavy atom. The minimum atomic E-state index is -4.50. The lowest BCUT2D eigenvalue weighted by Gasteiger charge is -2.24. The van der Waals surface area contributed by atoms with Crippen LogP contribution in [0, 0.1) is 11.7 Å². The lowest BCUT2D eigenvalue weighted by molar-refractivity contribution is -0.137. The number of fused-ring (bicyclic) bond motifs is 2. The Hall–Kier alpha value is -3.84. The van der Waals surface area contributed by atoms with Gasteiger partial charge in [0.25, 0.3) is 10.0 Å². The average molecular weight is 561 g/mol. The summed E-state index contributed by atoms with van der Waals surface area (Å²) in [5.41, 5.74) is 0.583. The number of sulfonamides is 1. The molecule has 0 bridgehead atoms. The van der Waals surface area contributed by atoms with Gasteiger partial charge in [0.1, 0.15) is 17.4 Å². The molecular weight excluding hydrogens is 540 g/mol. The molecule has 1 unspecified atom stereocenters. The molecule has 4 heterocycles. The molecule has 13 heteroatoms. The highest BCUT2D eigenvalue weighted by Gasteiger charge is 2.59. The zero-order chi connectivity index (χ0) is 27.5. The summed E-state index contributed by atoms with van der Waals surface area (Å²) >= 11 is 0. The average Bonchev–Trinajstić information content (AvgIpc) is 3.34. The van der Waals surface area contributed by atoms with Crippen LogP contribution in [0.2, 0.25) is 0 Å². The van der Waals surface area contributed by atoms with Gasteiger partial charge >= 0.3 is 6.18 Å². The van der Waals surface area contributed by atoms with Crippen LogP contribution in [0.15, 0.2) is 70.4 Å². The molecule has 3 atom stereocenters. The van der Waals surface area contributed by atoms with Crippen molar-refractivity contribution in [2.75, 3.05) is 0 Å². The van der Waals surface area contributed by atoms with Gasteiger partial charge in [-0.25, -0.2) is 12.8 Å². The number of alkyl halides is 3. The maximum atomic E-state index is 13.6. The molecule has 2 aliphatic rings. The molecule has 3 aromatic heterocycles. The molecule has 1 N–H and O–H groups in total. The molecule has 4 aromatic rings. The number of aromatic nitrogens is 2. The molecule has 202 valence electrons. The molecular formula is C26H20F4N4O4S. The van der Waals surface area contributed by atoms with Crippen LogP contribution in [0.25, 0.3) is 22.2 Å². The van der Waals surface area contributed by atoms with Crippen molar-refractivity contribution in [3.05, 3.63) is 78.0 Å². The van der Waals surface area contributed by atoms with Gasteiger partial charge < -0.3 is 9.73 Å². The fourth-order valence-electron chi connectivity index (χ4n) is 4.97. The predicted molar refractivity (Wildman–Crippen MR) is 130 cm³/mol. The van der Waals surface area contributed by atoms with Crippen LogP contribution in [-0.2, 0) is 27.5 Å². The summed E-state index contributed by atoms with van der Waals surface area (Å²) in [5, 5.41) is 2.67. The van der Waals surface area contributed by atoms with Crippen LogP contribution in [0.4, 0.5) is 17.6 Å². The van der Waals surface area contributed by atoms with Crippen molar-refractivity contribution in [1.29, 1.82) is 0 Å². The summed E-state index contributed by atoms with van der Waals surface area (Å²) in [6.07, 6.45) is -1.31. The second kappa shape index (κ2) is 9.12. The van der Waals surface area contributed by atoms with E-state index in [1.165, 1.54) is 40.8 Å². The lowest BCUT2D eigenvalue weighted by atomic mass is 10.1.